The number of nitrogens with zero attached hydrogens (tertiary/aromatic N) is 6. The quantitative estimate of drug-likeness (QED) is 0.0419. The first-order valence-electron chi connectivity index (χ1n) is 16.7. The average Bonchev–Trinajstić information content (AvgIpc) is 3.77. The SMILES string of the molecule is CCn1nc(C[N+]2(CC3=C(C(=O)O)N4C(=O)[C@@H](NC(=O)/C(=N\OC(C)(C)C(=O)O)c5csc(N)n5)[C@@]4(C=N)SC3)CCCC2)c(=O)c2cc(O)c(O)cc21. The van der Waals surface area contributed by atoms with E-state index in [1.807, 2.05) is 6.92 Å². The second-order valence-corrected chi connectivity index (χ2v) is 15.8. The molecule has 8 N–H and O–H groups in total. The van der Waals surface area contributed by atoms with E-state index in [0.29, 0.717) is 30.7 Å². The lowest BCUT2D eigenvalue weighted by atomic mass is 9.91. The Morgan fingerprint density at radius 2 is 1.87 bits per heavy atom. The molecule has 0 radical (unpaired) electrons. The average molecular weight is 785 g/mol. The predicted octanol–water partition coefficient (Wildman–Crippen LogP) is 1.02. The minimum atomic E-state index is -1.85. The fourth-order valence-electron chi connectivity index (χ4n) is 6.93. The number of rotatable bonds is 13. The van der Waals surface area contributed by atoms with E-state index in [2.05, 4.69) is 20.6 Å². The van der Waals surface area contributed by atoms with Gasteiger partial charge in [-0.2, -0.15) is 5.10 Å². The second-order valence-electron chi connectivity index (χ2n) is 13.7. The number of fused-ring (bicyclic) bond motifs is 2. The number of aryl methyl sites for hydroxylation is 1. The Bertz CT molecular complexity index is 2230. The van der Waals surface area contributed by atoms with E-state index >= 15 is 0 Å². The highest BCUT2D eigenvalue weighted by Gasteiger charge is 2.65. The number of thioether (sulfide) groups is 1. The number of nitrogen functional groups attached to an aromatic ring is 1. The number of nitrogens with two attached hydrogens (primary N) is 1. The van der Waals surface area contributed by atoms with Gasteiger partial charge in [0.25, 0.3) is 11.8 Å². The summed E-state index contributed by atoms with van der Waals surface area (Å²) in [5.41, 5.74) is 3.54. The second kappa shape index (κ2) is 14.0. The van der Waals surface area contributed by atoms with Gasteiger partial charge in [-0.05, 0) is 26.8 Å². The number of aromatic nitrogens is 3. The van der Waals surface area contributed by atoms with E-state index in [-0.39, 0.29) is 56.7 Å². The van der Waals surface area contributed by atoms with Gasteiger partial charge in [0.15, 0.2) is 32.9 Å². The normalized spacial score (nSPS) is 21.1. The van der Waals surface area contributed by atoms with E-state index in [1.54, 1.807) is 4.68 Å². The summed E-state index contributed by atoms with van der Waals surface area (Å²) in [7, 11) is 0. The molecular formula is C33H38N9O10S2+. The molecule has 2 amide bonds. The maximum Gasteiger partial charge on any atom is 0.352 e. The standard InChI is InChI=1S/C33H37N9O10S2/c1-4-40-20-10-22(44)21(43)9-17(20)25(45)18(38-40)12-42(7-5-6-8-42)11-16-13-54-33(15-34)26(28(47)41(33)24(16)29(48)49)37-27(46)23(19-14-53-31(35)36-19)39-52-32(2,3)30(50)51/h9-10,14-15,26,34H,4-8,11-13H2,1-3H3,(H6-,35,36,37,38,39,43,44,45,46,48,49,50,51)/p+1/t26-,33-/m1/s1. The summed E-state index contributed by atoms with van der Waals surface area (Å²) in [5.74, 6) is -5.37. The van der Waals surface area contributed by atoms with Crippen molar-refractivity contribution in [1.29, 1.82) is 5.41 Å². The van der Waals surface area contributed by atoms with Crippen molar-refractivity contribution >= 4 is 74.8 Å². The first-order valence-corrected chi connectivity index (χ1v) is 18.6. The summed E-state index contributed by atoms with van der Waals surface area (Å²) in [5, 5.41) is 61.1. The van der Waals surface area contributed by atoms with Crippen molar-refractivity contribution in [1.82, 2.24) is 25.0 Å². The molecule has 2 saturated heterocycles. The molecule has 1 aromatic carbocycles. The molecule has 21 heteroatoms. The molecule has 0 bridgehead atoms. The fourth-order valence-corrected chi connectivity index (χ4v) is 8.83. The molecule has 2 aromatic heterocycles. The first-order chi connectivity index (χ1) is 25.5. The molecular weight excluding hydrogens is 747 g/mol. The van der Waals surface area contributed by atoms with Crippen molar-refractivity contribution in [3.8, 4) is 11.5 Å². The minimum absolute atomic E-state index is 0.0597. The Balaban J connectivity index is 1.31. The van der Waals surface area contributed by atoms with Crippen molar-refractivity contribution in [3.63, 3.8) is 0 Å². The lowest BCUT2D eigenvalue weighted by molar-refractivity contribution is -0.925. The van der Waals surface area contributed by atoms with Crippen LogP contribution >= 0.6 is 23.1 Å². The van der Waals surface area contributed by atoms with Crippen molar-refractivity contribution in [2.45, 2.75) is 63.2 Å². The van der Waals surface area contributed by atoms with E-state index in [0.717, 1.165) is 47.1 Å². The topological polar surface area (TPSA) is 284 Å². The van der Waals surface area contributed by atoms with Crippen LogP contribution in [-0.2, 0) is 37.1 Å². The zero-order chi connectivity index (χ0) is 39.3. The highest BCUT2D eigenvalue weighted by atomic mass is 32.2. The van der Waals surface area contributed by atoms with Gasteiger partial charge in [0.2, 0.25) is 11.0 Å². The van der Waals surface area contributed by atoms with Crippen LogP contribution in [0.2, 0.25) is 0 Å². The number of aromatic hydroxyl groups is 2. The van der Waals surface area contributed by atoms with Crippen LogP contribution < -0.4 is 16.5 Å². The monoisotopic (exact) mass is 784 g/mol. The Morgan fingerprint density at radius 1 is 1.19 bits per heavy atom. The summed E-state index contributed by atoms with van der Waals surface area (Å²) in [6, 6.07) is 1.06. The van der Waals surface area contributed by atoms with Crippen molar-refractivity contribution in [3.05, 3.63) is 50.4 Å². The van der Waals surface area contributed by atoms with E-state index in [9.17, 15) is 44.4 Å². The van der Waals surface area contributed by atoms with Crippen LogP contribution in [0.25, 0.3) is 10.9 Å². The number of hydrogen-bond donors (Lipinski definition) is 7. The molecule has 3 aliphatic heterocycles. The van der Waals surface area contributed by atoms with E-state index in [1.165, 1.54) is 31.4 Å². The zero-order valence-electron chi connectivity index (χ0n) is 29.4. The number of phenols is 2. The van der Waals surface area contributed by atoms with Gasteiger partial charge in [0, 0.05) is 48.4 Å². The molecule has 0 saturated carbocycles. The predicted molar refractivity (Wildman–Crippen MR) is 196 cm³/mol. The number of carboxylic acid groups (broad SMARTS) is 2. The van der Waals surface area contributed by atoms with Crippen LogP contribution in [0.15, 0.2) is 38.7 Å². The molecule has 2 fully saturated rings. The Labute approximate surface area is 314 Å². The first kappa shape index (κ1) is 38.2. The van der Waals surface area contributed by atoms with Crippen LogP contribution in [0, 0.1) is 5.41 Å². The Morgan fingerprint density at radius 3 is 2.46 bits per heavy atom. The van der Waals surface area contributed by atoms with Gasteiger partial charge in [-0.25, -0.2) is 14.6 Å². The number of oxime groups is 1. The number of β-lactam (4-membered cyclic amide) rings is 1. The van der Waals surface area contributed by atoms with Crippen LogP contribution in [0.5, 0.6) is 11.5 Å². The molecule has 2 atom stereocenters. The number of amides is 2. The van der Waals surface area contributed by atoms with Crippen molar-refractivity contribution < 1.29 is 48.9 Å². The summed E-state index contributed by atoms with van der Waals surface area (Å²) < 4.78 is 1.82. The molecule has 54 heavy (non-hydrogen) atoms. The van der Waals surface area contributed by atoms with Crippen LogP contribution in [0.4, 0.5) is 5.13 Å². The van der Waals surface area contributed by atoms with Crippen molar-refractivity contribution in [2.24, 2.45) is 5.16 Å². The Kier molecular flexibility index (Phi) is 9.92. The number of anilines is 1. The summed E-state index contributed by atoms with van der Waals surface area (Å²) in [6.07, 6.45) is 2.47. The third-order valence-electron chi connectivity index (χ3n) is 9.76. The number of carbonyl (C=O) groups is 4. The highest BCUT2D eigenvalue weighted by molar-refractivity contribution is 8.01. The van der Waals surface area contributed by atoms with Gasteiger partial charge in [-0.15, -0.1) is 23.1 Å². The van der Waals surface area contributed by atoms with Gasteiger partial charge in [-0.3, -0.25) is 24.0 Å². The Hall–Kier alpha value is -5.54. The van der Waals surface area contributed by atoms with Gasteiger partial charge in [0.05, 0.1) is 24.0 Å². The molecule has 19 nitrogen and oxygen atoms in total. The van der Waals surface area contributed by atoms with Crippen LogP contribution in [0.3, 0.4) is 0 Å². The third kappa shape index (κ3) is 6.51. The maximum absolute atomic E-state index is 13.8. The van der Waals surface area contributed by atoms with E-state index < -0.39 is 57.2 Å². The summed E-state index contributed by atoms with van der Waals surface area (Å²) >= 11 is 2.06. The van der Waals surface area contributed by atoms with Crippen LogP contribution in [0.1, 0.15) is 45.0 Å². The molecule has 0 spiro atoms. The van der Waals surface area contributed by atoms with Gasteiger partial charge in [0.1, 0.15) is 30.5 Å². The van der Waals surface area contributed by atoms with Crippen molar-refractivity contribution in [2.75, 3.05) is 31.1 Å². The number of quaternary nitrogens is 1. The number of aliphatic carboxylic acids is 2. The number of thiazole rings is 1. The third-order valence-corrected chi connectivity index (χ3v) is 11.9. The number of nitrogens with one attached hydrogen (secondary N) is 2. The van der Waals surface area contributed by atoms with Gasteiger partial charge >= 0.3 is 11.9 Å². The molecule has 0 aliphatic carbocycles. The number of likely N-dealkylation sites (tertiary alicyclic amines) is 1. The summed E-state index contributed by atoms with van der Waals surface area (Å²) in [4.78, 5) is 74.3. The largest absolute Gasteiger partial charge is 0.504 e. The van der Waals surface area contributed by atoms with Crippen LogP contribution in [-0.4, -0.2) is 122 Å². The van der Waals surface area contributed by atoms with Gasteiger partial charge < -0.3 is 46.2 Å². The fraction of sp³-hybridized carbons (Fsp3) is 0.424. The maximum atomic E-state index is 13.8. The highest BCUT2D eigenvalue weighted by Crippen LogP contribution is 2.49. The molecule has 6 rings (SSSR count). The summed E-state index contributed by atoms with van der Waals surface area (Å²) in [6.45, 7) is 6.04. The minimum Gasteiger partial charge on any atom is -0.504 e. The van der Waals surface area contributed by atoms with E-state index in [4.69, 9.17) is 16.0 Å². The number of hydrogen-bond acceptors (Lipinski definition) is 15. The van der Waals surface area contributed by atoms with Gasteiger partial charge in [-0.1, -0.05) is 5.16 Å². The molecule has 286 valence electrons. The number of phenolic OH excluding ortho intramolecular Hbond substituents is 2. The molecule has 3 aliphatic rings. The number of benzene rings is 1. The zero-order valence-corrected chi connectivity index (χ0v) is 31.0. The number of carboxylic acids is 2. The molecule has 5 heterocycles. The number of carbonyl (C=O) groups excluding carboxylic acids is 2. The molecule has 3 aromatic rings. The molecule has 0 unspecified atom stereocenters. The lowest BCUT2D eigenvalue weighted by Gasteiger charge is -2.57. The smallest absolute Gasteiger partial charge is 0.352 e. The lowest BCUT2D eigenvalue weighted by Crippen LogP contribution is -2.79.